The molecule has 2 aromatic carbocycles. The van der Waals surface area contributed by atoms with Crippen LogP contribution in [-0.4, -0.2) is 27.8 Å². The summed E-state index contributed by atoms with van der Waals surface area (Å²) in [5.74, 6) is -1.42. The Morgan fingerprint density at radius 1 is 0.897 bits per heavy atom. The molecule has 4 N–H and O–H groups in total. The van der Waals surface area contributed by atoms with Crippen LogP contribution < -0.4 is 21.5 Å². The average molecular weight is 415 g/mol. The highest BCUT2D eigenvalue weighted by Gasteiger charge is 2.12. The number of rotatable bonds is 6. The standard InChI is InChI=1S/C18H17N5O5S/c24-15(19-13-4-2-1-3-5-13)10-11-16(25)21-22-18(29)20-17(26)12-6-8-14(9-7-12)23(27)28/h1-9H,10-11H2,(H,19,24)(H,21,25)(H2,20,22,26,29). The second-order valence-electron chi connectivity index (χ2n) is 5.67. The third-order valence-corrected chi connectivity index (χ3v) is 3.72. The minimum absolute atomic E-state index is 0.0374. The topological polar surface area (TPSA) is 142 Å². The van der Waals surface area contributed by atoms with Crippen LogP contribution in [0.15, 0.2) is 54.6 Å². The number of thiocarbonyl (C=S) groups is 1. The third-order valence-electron chi connectivity index (χ3n) is 3.52. The number of nitro groups is 1. The highest BCUT2D eigenvalue weighted by molar-refractivity contribution is 7.80. The van der Waals surface area contributed by atoms with E-state index >= 15 is 0 Å². The summed E-state index contributed by atoms with van der Waals surface area (Å²) >= 11 is 4.89. The minimum Gasteiger partial charge on any atom is -0.326 e. The summed E-state index contributed by atoms with van der Waals surface area (Å²) in [4.78, 5) is 45.6. The molecule has 0 heterocycles. The highest BCUT2D eigenvalue weighted by Crippen LogP contribution is 2.11. The molecule has 0 atom stereocenters. The van der Waals surface area contributed by atoms with E-state index in [9.17, 15) is 24.5 Å². The molecule has 10 nitrogen and oxygen atoms in total. The van der Waals surface area contributed by atoms with Crippen molar-refractivity contribution in [1.82, 2.24) is 16.2 Å². The van der Waals surface area contributed by atoms with Crippen molar-refractivity contribution in [2.75, 3.05) is 5.32 Å². The number of anilines is 1. The molecule has 0 saturated carbocycles. The molecule has 0 unspecified atom stereocenters. The zero-order chi connectivity index (χ0) is 21.2. The van der Waals surface area contributed by atoms with Crippen LogP contribution in [0.1, 0.15) is 23.2 Å². The smallest absolute Gasteiger partial charge is 0.269 e. The fraction of sp³-hybridized carbons (Fsp3) is 0.111. The molecule has 0 saturated heterocycles. The van der Waals surface area contributed by atoms with E-state index in [4.69, 9.17) is 12.2 Å². The van der Waals surface area contributed by atoms with Crippen LogP contribution in [0.25, 0.3) is 0 Å². The fourth-order valence-electron chi connectivity index (χ4n) is 2.10. The van der Waals surface area contributed by atoms with Gasteiger partial charge in [-0.15, -0.1) is 0 Å². The second-order valence-corrected chi connectivity index (χ2v) is 6.08. The Bertz CT molecular complexity index is 918. The van der Waals surface area contributed by atoms with Crippen molar-refractivity contribution in [2.45, 2.75) is 12.8 Å². The maximum Gasteiger partial charge on any atom is 0.269 e. The lowest BCUT2D eigenvalue weighted by Gasteiger charge is -2.11. The van der Waals surface area contributed by atoms with E-state index < -0.39 is 16.7 Å². The summed E-state index contributed by atoms with van der Waals surface area (Å²) in [5.41, 5.74) is 5.25. The zero-order valence-electron chi connectivity index (χ0n) is 15.0. The van der Waals surface area contributed by atoms with E-state index in [1.807, 2.05) is 6.07 Å². The van der Waals surface area contributed by atoms with Crippen LogP contribution in [0.3, 0.4) is 0 Å². The number of benzene rings is 2. The van der Waals surface area contributed by atoms with Crippen LogP contribution in [0.2, 0.25) is 0 Å². The van der Waals surface area contributed by atoms with Crippen molar-refractivity contribution >= 4 is 46.4 Å². The molecule has 3 amide bonds. The molecule has 150 valence electrons. The van der Waals surface area contributed by atoms with Gasteiger partial charge in [-0.25, -0.2) is 0 Å². The zero-order valence-corrected chi connectivity index (χ0v) is 15.8. The van der Waals surface area contributed by atoms with Crippen LogP contribution in [0, 0.1) is 10.1 Å². The van der Waals surface area contributed by atoms with E-state index in [0.717, 1.165) is 0 Å². The van der Waals surface area contributed by atoms with E-state index in [-0.39, 0.29) is 35.1 Å². The van der Waals surface area contributed by atoms with Gasteiger partial charge in [0.05, 0.1) is 4.92 Å². The lowest BCUT2D eigenvalue weighted by atomic mass is 10.2. The number of hydrazine groups is 1. The number of amides is 3. The minimum atomic E-state index is -0.603. The number of para-hydroxylation sites is 1. The summed E-state index contributed by atoms with van der Waals surface area (Å²) in [6, 6.07) is 13.8. The van der Waals surface area contributed by atoms with Gasteiger partial charge in [0.25, 0.3) is 11.6 Å². The third kappa shape index (κ3) is 7.34. The number of non-ortho nitro benzene ring substituents is 1. The Labute approximate surface area is 170 Å². The van der Waals surface area contributed by atoms with Crippen molar-refractivity contribution in [3.05, 3.63) is 70.3 Å². The van der Waals surface area contributed by atoms with Gasteiger partial charge in [-0.2, -0.15) is 0 Å². The number of nitrogens with one attached hydrogen (secondary N) is 4. The molecule has 0 aliphatic rings. The Kier molecular flexibility index (Phi) is 7.74. The normalized spacial score (nSPS) is 9.79. The Morgan fingerprint density at radius 2 is 1.52 bits per heavy atom. The molecule has 0 bridgehead atoms. The quantitative estimate of drug-likeness (QED) is 0.319. The molecular formula is C18H17N5O5S. The molecule has 29 heavy (non-hydrogen) atoms. The van der Waals surface area contributed by atoms with Crippen LogP contribution in [-0.2, 0) is 9.59 Å². The van der Waals surface area contributed by atoms with Crippen molar-refractivity contribution in [1.29, 1.82) is 0 Å². The van der Waals surface area contributed by atoms with E-state index in [1.54, 1.807) is 24.3 Å². The highest BCUT2D eigenvalue weighted by atomic mass is 32.1. The number of carbonyl (C=O) groups excluding carboxylic acids is 3. The molecule has 0 spiro atoms. The van der Waals surface area contributed by atoms with Crippen molar-refractivity contribution < 1.29 is 19.3 Å². The van der Waals surface area contributed by atoms with Crippen molar-refractivity contribution in [3.8, 4) is 0 Å². The molecule has 0 aliphatic carbocycles. The number of carbonyl (C=O) groups is 3. The lowest BCUT2D eigenvalue weighted by Crippen LogP contribution is -2.48. The summed E-state index contributed by atoms with van der Waals surface area (Å²) in [7, 11) is 0. The van der Waals surface area contributed by atoms with Gasteiger partial charge in [0.2, 0.25) is 11.8 Å². The van der Waals surface area contributed by atoms with Gasteiger partial charge in [0, 0.05) is 36.2 Å². The second kappa shape index (κ2) is 10.5. The maximum absolute atomic E-state index is 12.0. The predicted octanol–water partition coefficient (Wildman–Crippen LogP) is 1.65. The van der Waals surface area contributed by atoms with E-state index in [0.29, 0.717) is 5.69 Å². The van der Waals surface area contributed by atoms with Crippen LogP contribution in [0.5, 0.6) is 0 Å². The first-order chi connectivity index (χ1) is 13.8. The molecule has 11 heteroatoms. The molecular weight excluding hydrogens is 398 g/mol. The monoisotopic (exact) mass is 415 g/mol. The van der Waals surface area contributed by atoms with E-state index in [2.05, 4.69) is 21.5 Å². The van der Waals surface area contributed by atoms with Crippen molar-refractivity contribution in [3.63, 3.8) is 0 Å². The van der Waals surface area contributed by atoms with Crippen molar-refractivity contribution in [2.24, 2.45) is 0 Å². The summed E-state index contributed by atoms with van der Waals surface area (Å²) in [5, 5.41) is 15.4. The SMILES string of the molecule is O=C(CCC(=O)Nc1ccccc1)NNC(=S)NC(=O)c1ccc([N+](=O)[O-])cc1. The first-order valence-corrected chi connectivity index (χ1v) is 8.75. The Hall–Kier alpha value is -3.86. The fourth-order valence-corrected chi connectivity index (χ4v) is 2.25. The number of nitro benzene ring substituents is 1. The van der Waals surface area contributed by atoms with Gasteiger partial charge in [-0.3, -0.25) is 40.7 Å². The first-order valence-electron chi connectivity index (χ1n) is 8.34. The summed E-state index contributed by atoms with van der Waals surface area (Å²) in [6.45, 7) is 0. The van der Waals surface area contributed by atoms with E-state index in [1.165, 1.54) is 24.3 Å². The average Bonchev–Trinajstić information content (AvgIpc) is 2.71. The van der Waals surface area contributed by atoms with Gasteiger partial charge < -0.3 is 5.32 Å². The summed E-state index contributed by atoms with van der Waals surface area (Å²) < 4.78 is 0. The molecule has 2 rings (SSSR count). The van der Waals surface area contributed by atoms with Crippen LogP contribution in [0.4, 0.5) is 11.4 Å². The maximum atomic E-state index is 12.0. The van der Waals surface area contributed by atoms with Gasteiger partial charge in [-0.05, 0) is 36.5 Å². The largest absolute Gasteiger partial charge is 0.326 e. The summed E-state index contributed by atoms with van der Waals surface area (Å²) in [6.07, 6.45) is -0.130. The number of hydrogen-bond donors (Lipinski definition) is 4. The molecule has 0 aromatic heterocycles. The molecule has 0 fully saturated rings. The molecule has 2 aromatic rings. The molecule has 0 aliphatic heterocycles. The Morgan fingerprint density at radius 3 is 2.14 bits per heavy atom. The predicted molar refractivity (Wildman–Crippen MR) is 109 cm³/mol. The molecule has 0 radical (unpaired) electrons. The first kappa shape index (κ1) is 21.4. The lowest BCUT2D eigenvalue weighted by molar-refractivity contribution is -0.384. The van der Waals surface area contributed by atoms with Gasteiger partial charge in [-0.1, -0.05) is 18.2 Å². The number of nitrogens with zero attached hydrogens (tertiary/aromatic N) is 1. The Balaban J connectivity index is 1.69. The van der Waals surface area contributed by atoms with Gasteiger partial charge in [0.15, 0.2) is 5.11 Å². The number of hydrogen-bond acceptors (Lipinski definition) is 6. The van der Waals surface area contributed by atoms with Gasteiger partial charge >= 0.3 is 0 Å². The van der Waals surface area contributed by atoms with Crippen LogP contribution >= 0.6 is 12.2 Å². The van der Waals surface area contributed by atoms with Gasteiger partial charge in [0.1, 0.15) is 0 Å².